The summed E-state index contributed by atoms with van der Waals surface area (Å²) < 4.78 is 12.6. The van der Waals surface area contributed by atoms with Gasteiger partial charge in [0.2, 0.25) is 5.91 Å². The van der Waals surface area contributed by atoms with E-state index in [9.17, 15) is 4.79 Å². The molecule has 0 radical (unpaired) electrons. The summed E-state index contributed by atoms with van der Waals surface area (Å²) in [7, 11) is 3.30. The van der Waals surface area contributed by atoms with Gasteiger partial charge in [-0.1, -0.05) is 24.3 Å². The van der Waals surface area contributed by atoms with Crippen LogP contribution in [0.1, 0.15) is 5.56 Å². The summed E-state index contributed by atoms with van der Waals surface area (Å²) >= 11 is 0. The summed E-state index contributed by atoms with van der Waals surface area (Å²) in [5.74, 6) is 0.656. The SMILES string of the molecule is COCCn1ccc2c(NC(=O)Cc3ccccc3OC)cccc21. The van der Waals surface area contributed by atoms with Crippen molar-refractivity contribution in [3.05, 3.63) is 60.3 Å². The van der Waals surface area contributed by atoms with Crippen LogP contribution in [0.3, 0.4) is 0 Å². The van der Waals surface area contributed by atoms with Crippen molar-refractivity contribution >= 4 is 22.5 Å². The molecule has 0 aliphatic carbocycles. The van der Waals surface area contributed by atoms with Crippen LogP contribution in [-0.2, 0) is 22.5 Å². The van der Waals surface area contributed by atoms with Gasteiger partial charge in [-0.15, -0.1) is 0 Å². The van der Waals surface area contributed by atoms with Crippen LogP contribution in [0.5, 0.6) is 5.75 Å². The summed E-state index contributed by atoms with van der Waals surface area (Å²) in [6, 6.07) is 15.5. The maximum atomic E-state index is 12.5. The van der Waals surface area contributed by atoms with Crippen LogP contribution >= 0.6 is 0 Å². The Hall–Kier alpha value is -2.79. The maximum Gasteiger partial charge on any atom is 0.228 e. The average molecular weight is 338 g/mol. The molecule has 25 heavy (non-hydrogen) atoms. The van der Waals surface area contributed by atoms with Crippen molar-refractivity contribution in [2.24, 2.45) is 0 Å². The Kier molecular flexibility index (Phi) is 5.36. The topological polar surface area (TPSA) is 52.5 Å². The van der Waals surface area contributed by atoms with Crippen molar-refractivity contribution < 1.29 is 14.3 Å². The normalized spacial score (nSPS) is 10.8. The Morgan fingerprint density at radius 3 is 2.72 bits per heavy atom. The fourth-order valence-corrected chi connectivity index (χ4v) is 2.93. The lowest BCUT2D eigenvalue weighted by Gasteiger charge is -2.10. The van der Waals surface area contributed by atoms with Crippen molar-refractivity contribution in [1.82, 2.24) is 4.57 Å². The second-order valence-electron chi connectivity index (χ2n) is 5.78. The molecule has 1 aromatic heterocycles. The molecule has 0 aliphatic rings. The number of hydrogen-bond donors (Lipinski definition) is 1. The Bertz CT molecular complexity index is 870. The van der Waals surface area contributed by atoms with Gasteiger partial charge in [0.1, 0.15) is 5.75 Å². The third-order valence-corrected chi connectivity index (χ3v) is 4.17. The number of hydrogen-bond acceptors (Lipinski definition) is 3. The minimum absolute atomic E-state index is 0.0679. The first kappa shape index (κ1) is 17.0. The summed E-state index contributed by atoms with van der Waals surface area (Å²) in [5, 5.41) is 4.04. The first-order valence-electron chi connectivity index (χ1n) is 8.21. The van der Waals surface area contributed by atoms with Crippen LogP contribution in [0, 0.1) is 0 Å². The monoisotopic (exact) mass is 338 g/mol. The van der Waals surface area contributed by atoms with Crippen LogP contribution in [0.4, 0.5) is 5.69 Å². The second kappa shape index (κ2) is 7.85. The lowest BCUT2D eigenvalue weighted by molar-refractivity contribution is -0.115. The molecule has 0 spiro atoms. The first-order valence-corrected chi connectivity index (χ1v) is 8.21. The van der Waals surface area contributed by atoms with Gasteiger partial charge in [0.05, 0.1) is 31.3 Å². The number of rotatable bonds is 7. The molecule has 0 saturated carbocycles. The molecule has 0 bridgehead atoms. The van der Waals surface area contributed by atoms with Crippen LogP contribution < -0.4 is 10.1 Å². The summed E-state index contributed by atoms with van der Waals surface area (Å²) in [5.41, 5.74) is 2.76. The Morgan fingerprint density at radius 1 is 1.08 bits per heavy atom. The van der Waals surface area contributed by atoms with Gasteiger partial charge in [-0.3, -0.25) is 4.79 Å². The van der Waals surface area contributed by atoms with E-state index in [-0.39, 0.29) is 12.3 Å². The minimum atomic E-state index is -0.0679. The molecule has 1 heterocycles. The number of nitrogens with one attached hydrogen (secondary N) is 1. The second-order valence-corrected chi connectivity index (χ2v) is 5.78. The van der Waals surface area contributed by atoms with E-state index in [4.69, 9.17) is 9.47 Å². The standard InChI is InChI=1S/C20H22N2O3/c1-24-13-12-22-11-10-16-17(7-5-8-18(16)22)21-20(23)14-15-6-3-4-9-19(15)25-2/h3-11H,12-14H2,1-2H3,(H,21,23). The lowest BCUT2D eigenvalue weighted by atomic mass is 10.1. The van der Waals surface area contributed by atoms with Gasteiger partial charge in [-0.25, -0.2) is 0 Å². The largest absolute Gasteiger partial charge is 0.496 e. The summed E-state index contributed by atoms with van der Waals surface area (Å²) in [6.07, 6.45) is 2.28. The molecule has 3 aromatic rings. The molecule has 3 rings (SSSR count). The first-order chi connectivity index (χ1) is 12.2. The fourth-order valence-electron chi connectivity index (χ4n) is 2.93. The molecule has 1 N–H and O–H groups in total. The Morgan fingerprint density at radius 2 is 1.92 bits per heavy atom. The molecule has 1 amide bonds. The number of ether oxygens (including phenoxy) is 2. The van der Waals surface area contributed by atoms with Gasteiger partial charge in [0, 0.05) is 30.8 Å². The van der Waals surface area contributed by atoms with Crippen LogP contribution in [0.2, 0.25) is 0 Å². The predicted molar refractivity (Wildman–Crippen MR) is 99.1 cm³/mol. The average Bonchev–Trinajstić information content (AvgIpc) is 3.04. The van der Waals surface area contributed by atoms with E-state index in [2.05, 4.69) is 9.88 Å². The molecule has 0 unspecified atom stereocenters. The number of anilines is 1. The summed E-state index contributed by atoms with van der Waals surface area (Å²) in [4.78, 5) is 12.5. The molecule has 0 fully saturated rings. The van der Waals surface area contributed by atoms with E-state index in [0.717, 1.165) is 34.4 Å². The van der Waals surface area contributed by atoms with Crippen LogP contribution in [0.15, 0.2) is 54.7 Å². The number of carbonyl (C=O) groups is 1. The Balaban J connectivity index is 1.78. The molecule has 0 aliphatic heterocycles. The summed E-state index contributed by atoms with van der Waals surface area (Å²) in [6.45, 7) is 1.42. The number of amides is 1. The number of benzene rings is 2. The molecule has 5 nitrogen and oxygen atoms in total. The van der Waals surface area contributed by atoms with Crippen molar-refractivity contribution in [2.45, 2.75) is 13.0 Å². The number of nitrogens with zero attached hydrogens (tertiary/aromatic N) is 1. The van der Waals surface area contributed by atoms with Crippen molar-refractivity contribution in [3.8, 4) is 5.75 Å². The maximum absolute atomic E-state index is 12.5. The van der Waals surface area contributed by atoms with E-state index in [1.165, 1.54) is 0 Å². The third-order valence-electron chi connectivity index (χ3n) is 4.17. The van der Waals surface area contributed by atoms with E-state index in [1.807, 2.05) is 54.7 Å². The number of aromatic nitrogens is 1. The van der Waals surface area contributed by atoms with E-state index < -0.39 is 0 Å². The molecule has 5 heteroatoms. The smallest absolute Gasteiger partial charge is 0.228 e. The van der Waals surface area contributed by atoms with Crippen molar-refractivity contribution in [2.75, 3.05) is 26.1 Å². The minimum Gasteiger partial charge on any atom is -0.496 e. The highest BCUT2D eigenvalue weighted by atomic mass is 16.5. The van der Waals surface area contributed by atoms with Gasteiger partial charge < -0.3 is 19.4 Å². The molecule has 0 saturated heterocycles. The van der Waals surface area contributed by atoms with Gasteiger partial charge in [0.25, 0.3) is 0 Å². The van der Waals surface area contributed by atoms with Crippen LogP contribution in [-0.4, -0.2) is 31.3 Å². The zero-order chi connectivity index (χ0) is 17.6. The van der Waals surface area contributed by atoms with Gasteiger partial charge in [0.15, 0.2) is 0 Å². The highest BCUT2D eigenvalue weighted by Gasteiger charge is 2.11. The molecule has 130 valence electrons. The van der Waals surface area contributed by atoms with Crippen molar-refractivity contribution in [3.63, 3.8) is 0 Å². The number of fused-ring (bicyclic) bond motifs is 1. The van der Waals surface area contributed by atoms with E-state index in [0.29, 0.717) is 6.61 Å². The highest BCUT2D eigenvalue weighted by Crippen LogP contribution is 2.25. The van der Waals surface area contributed by atoms with Gasteiger partial charge >= 0.3 is 0 Å². The van der Waals surface area contributed by atoms with E-state index >= 15 is 0 Å². The van der Waals surface area contributed by atoms with Gasteiger partial charge in [-0.2, -0.15) is 0 Å². The molecule has 2 aromatic carbocycles. The molecular weight excluding hydrogens is 316 g/mol. The lowest BCUT2D eigenvalue weighted by Crippen LogP contribution is -2.15. The van der Waals surface area contributed by atoms with Crippen molar-refractivity contribution in [1.29, 1.82) is 0 Å². The molecule has 0 atom stereocenters. The zero-order valence-electron chi connectivity index (χ0n) is 14.5. The van der Waals surface area contributed by atoms with E-state index in [1.54, 1.807) is 14.2 Å². The highest BCUT2D eigenvalue weighted by molar-refractivity contribution is 6.02. The number of methoxy groups -OCH3 is 2. The predicted octanol–water partition coefficient (Wildman–Crippen LogP) is 3.48. The number of para-hydroxylation sites is 1. The Labute approximate surface area is 147 Å². The quantitative estimate of drug-likeness (QED) is 0.717. The fraction of sp³-hybridized carbons (Fsp3) is 0.250. The van der Waals surface area contributed by atoms with Gasteiger partial charge in [-0.05, 0) is 24.3 Å². The third kappa shape index (κ3) is 3.83. The zero-order valence-corrected chi connectivity index (χ0v) is 14.5. The number of carbonyl (C=O) groups excluding carboxylic acids is 1. The molecular formula is C20H22N2O3. The van der Waals surface area contributed by atoms with Crippen LogP contribution in [0.25, 0.3) is 10.9 Å².